The number of hydrogen-bond donors (Lipinski definition) is 2. The first-order chi connectivity index (χ1) is 14.9. The Morgan fingerprint density at radius 2 is 1.90 bits per heavy atom. The van der Waals surface area contributed by atoms with Crippen molar-refractivity contribution in [3.63, 3.8) is 0 Å². The van der Waals surface area contributed by atoms with Gasteiger partial charge in [-0.15, -0.1) is 0 Å². The van der Waals surface area contributed by atoms with Crippen molar-refractivity contribution < 1.29 is 17.9 Å². The Labute approximate surface area is 184 Å². The Morgan fingerprint density at radius 1 is 1.19 bits per heavy atom. The number of carbonyl (C=O) groups is 1. The van der Waals surface area contributed by atoms with Gasteiger partial charge in [-0.25, -0.2) is 8.42 Å². The summed E-state index contributed by atoms with van der Waals surface area (Å²) in [7, 11) is -3.52. The van der Waals surface area contributed by atoms with Gasteiger partial charge in [0.1, 0.15) is 5.69 Å². The monoisotopic (exact) mass is 447 g/mol. The lowest BCUT2D eigenvalue weighted by Gasteiger charge is -2.29. The lowest BCUT2D eigenvalue weighted by Crippen LogP contribution is -2.37. The third-order valence-electron chi connectivity index (χ3n) is 6.82. The lowest BCUT2D eigenvalue weighted by molar-refractivity contribution is 0.0636. The predicted octanol–water partition coefficient (Wildman–Crippen LogP) is 3.44. The molecule has 0 aliphatic carbocycles. The molecule has 0 saturated carbocycles. The van der Waals surface area contributed by atoms with Gasteiger partial charge in [-0.3, -0.25) is 4.79 Å². The second-order valence-corrected chi connectivity index (χ2v) is 11.0. The van der Waals surface area contributed by atoms with E-state index in [4.69, 9.17) is 4.74 Å². The van der Waals surface area contributed by atoms with Crippen LogP contribution >= 0.6 is 0 Å². The number of sulfonamides is 1. The van der Waals surface area contributed by atoms with Gasteiger partial charge in [0, 0.05) is 43.8 Å². The van der Waals surface area contributed by atoms with Gasteiger partial charge in [0.15, 0.2) is 0 Å². The first-order valence-corrected chi connectivity index (χ1v) is 12.8. The van der Waals surface area contributed by atoms with Gasteiger partial charge < -0.3 is 15.0 Å². The van der Waals surface area contributed by atoms with Crippen LogP contribution in [0.15, 0.2) is 23.1 Å². The van der Waals surface area contributed by atoms with E-state index in [1.807, 2.05) is 6.92 Å². The lowest BCUT2D eigenvalue weighted by atomic mass is 9.97. The quantitative estimate of drug-likeness (QED) is 0.710. The summed E-state index contributed by atoms with van der Waals surface area (Å²) in [6.07, 6.45) is 4.83. The van der Waals surface area contributed by atoms with Crippen LogP contribution in [0, 0.1) is 18.8 Å². The molecule has 0 unspecified atom stereocenters. The van der Waals surface area contributed by atoms with Crippen molar-refractivity contribution in [1.82, 2.24) is 14.6 Å². The fourth-order valence-corrected chi connectivity index (χ4v) is 6.08. The number of amides is 1. The molecule has 1 amide bonds. The molecule has 2 aromatic rings. The summed E-state index contributed by atoms with van der Waals surface area (Å²) in [5.41, 5.74) is 2.06. The van der Waals surface area contributed by atoms with E-state index in [0.717, 1.165) is 61.8 Å². The van der Waals surface area contributed by atoms with Crippen molar-refractivity contribution in [2.45, 2.75) is 50.8 Å². The molecule has 7 nitrogen and oxygen atoms in total. The number of aryl methyl sites for hydroxylation is 1. The summed E-state index contributed by atoms with van der Waals surface area (Å²) in [6.45, 7) is 7.40. The number of benzene rings is 1. The smallest absolute Gasteiger partial charge is 0.268 e. The van der Waals surface area contributed by atoms with Crippen LogP contribution < -0.4 is 5.32 Å². The minimum absolute atomic E-state index is 0.143. The molecule has 2 aliphatic rings. The molecule has 4 rings (SSSR count). The van der Waals surface area contributed by atoms with Crippen molar-refractivity contribution in [1.29, 1.82) is 0 Å². The molecule has 2 saturated heterocycles. The van der Waals surface area contributed by atoms with Crippen LogP contribution in [0.25, 0.3) is 10.9 Å². The highest BCUT2D eigenvalue weighted by atomic mass is 32.2. The van der Waals surface area contributed by atoms with Crippen molar-refractivity contribution >= 4 is 26.8 Å². The number of carbonyl (C=O) groups excluding carboxylic acids is 1. The second-order valence-electron chi connectivity index (χ2n) is 9.02. The Bertz CT molecular complexity index is 1030. The summed E-state index contributed by atoms with van der Waals surface area (Å²) in [5, 5.41) is 3.79. The summed E-state index contributed by atoms with van der Waals surface area (Å²) < 4.78 is 33.2. The molecule has 170 valence electrons. The molecule has 31 heavy (non-hydrogen) atoms. The highest BCUT2D eigenvalue weighted by molar-refractivity contribution is 7.89. The largest absolute Gasteiger partial charge is 0.381 e. The number of fused-ring (bicyclic) bond motifs is 1. The Balaban J connectivity index is 1.48. The van der Waals surface area contributed by atoms with Gasteiger partial charge in [-0.05, 0) is 74.6 Å². The van der Waals surface area contributed by atoms with E-state index in [2.05, 4.69) is 17.2 Å². The first kappa shape index (κ1) is 22.3. The molecule has 2 aliphatic heterocycles. The van der Waals surface area contributed by atoms with Gasteiger partial charge in [-0.2, -0.15) is 4.31 Å². The molecule has 0 spiro atoms. The zero-order valence-corrected chi connectivity index (χ0v) is 19.3. The molecule has 2 N–H and O–H groups in total. The standard InChI is InChI=1S/C23H33N3O4S/c1-16-6-11-26(12-7-16)31(28,29)19-3-4-21-20(15-19)17(2)22(25-21)23(27)24-10-5-18-8-13-30-14-9-18/h3-4,15-16,18,25H,5-14H2,1-2H3,(H,24,27). The minimum Gasteiger partial charge on any atom is -0.381 e. The highest BCUT2D eigenvalue weighted by Gasteiger charge is 2.28. The molecule has 8 heteroatoms. The minimum atomic E-state index is -3.52. The second kappa shape index (κ2) is 9.30. The Morgan fingerprint density at radius 3 is 2.61 bits per heavy atom. The number of ether oxygens (including phenoxy) is 1. The van der Waals surface area contributed by atoms with Crippen molar-refractivity contribution in [2.24, 2.45) is 11.8 Å². The normalized spacial score (nSPS) is 19.7. The van der Waals surface area contributed by atoms with E-state index < -0.39 is 10.0 Å². The molecular weight excluding hydrogens is 414 g/mol. The van der Waals surface area contributed by atoms with Crippen LogP contribution in [0.5, 0.6) is 0 Å². The predicted molar refractivity (Wildman–Crippen MR) is 121 cm³/mol. The highest BCUT2D eigenvalue weighted by Crippen LogP contribution is 2.28. The molecule has 0 atom stereocenters. The van der Waals surface area contributed by atoms with Crippen LogP contribution in [0.2, 0.25) is 0 Å². The fourth-order valence-electron chi connectivity index (χ4n) is 4.58. The van der Waals surface area contributed by atoms with Crippen LogP contribution in [0.4, 0.5) is 0 Å². The van der Waals surface area contributed by atoms with Gasteiger partial charge in [0.2, 0.25) is 10.0 Å². The van der Waals surface area contributed by atoms with Gasteiger partial charge in [-0.1, -0.05) is 6.92 Å². The molecule has 2 fully saturated rings. The third kappa shape index (κ3) is 4.81. The summed E-state index contributed by atoms with van der Waals surface area (Å²) >= 11 is 0. The summed E-state index contributed by atoms with van der Waals surface area (Å²) in [5.74, 6) is 1.02. The maximum atomic E-state index is 13.1. The van der Waals surface area contributed by atoms with E-state index in [0.29, 0.717) is 42.1 Å². The van der Waals surface area contributed by atoms with Crippen molar-refractivity contribution in [3.8, 4) is 0 Å². The Kier molecular flexibility index (Phi) is 6.69. The van der Waals surface area contributed by atoms with Crippen LogP contribution in [0.1, 0.15) is 55.1 Å². The van der Waals surface area contributed by atoms with Crippen LogP contribution in [-0.4, -0.2) is 56.5 Å². The average molecular weight is 448 g/mol. The maximum absolute atomic E-state index is 13.1. The van der Waals surface area contributed by atoms with E-state index >= 15 is 0 Å². The third-order valence-corrected chi connectivity index (χ3v) is 8.71. The zero-order valence-electron chi connectivity index (χ0n) is 18.4. The van der Waals surface area contributed by atoms with Gasteiger partial charge in [0.05, 0.1) is 4.90 Å². The Hall–Kier alpha value is -1.90. The molecule has 0 radical (unpaired) electrons. The number of nitrogens with one attached hydrogen (secondary N) is 2. The summed E-state index contributed by atoms with van der Waals surface area (Å²) in [6, 6.07) is 5.10. The summed E-state index contributed by atoms with van der Waals surface area (Å²) in [4.78, 5) is 16.2. The van der Waals surface area contributed by atoms with Crippen LogP contribution in [-0.2, 0) is 14.8 Å². The number of rotatable bonds is 6. The number of aromatic amines is 1. The SMILES string of the molecule is Cc1c(C(=O)NCCC2CCOCC2)[nH]c2ccc(S(=O)(=O)N3CCC(C)CC3)cc12. The molecule has 3 heterocycles. The number of piperidine rings is 1. The average Bonchev–Trinajstić information content (AvgIpc) is 3.11. The van der Waals surface area contributed by atoms with Crippen molar-refractivity contribution in [2.75, 3.05) is 32.8 Å². The number of H-pyrrole nitrogens is 1. The van der Waals surface area contributed by atoms with E-state index in [1.54, 1.807) is 22.5 Å². The molecule has 1 aromatic heterocycles. The zero-order chi connectivity index (χ0) is 22.0. The number of aromatic nitrogens is 1. The fraction of sp³-hybridized carbons (Fsp3) is 0.609. The molecule has 0 bridgehead atoms. The maximum Gasteiger partial charge on any atom is 0.268 e. The van der Waals surface area contributed by atoms with Crippen molar-refractivity contribution in [3.05, 3.63) is 29.5 Å². The van der Waals surface area contributed by atoms with Crippen LogP contribution in [0.3, 0.4) is 0 Å². The molecular formula is C23H33N3O4S. The number of nitrogens with zero attached hydrogens (tertiary/aromatic N) is 1. The number of hydrogen-bond acceptors (Lipinski definition) is 4. The van der Waals surface area contributed by atoms with Gasteiger partial charge >= 0.3 is 0 Å². The van der Waals surface area contributed by atoms with E-state index in [-0.39, 0.29) is 5.91 Å². The topological polar surface area (TPSA) is 91.5 Å². The molecule has 1 aromatic carbocycles. The van der Waals surface area contributed by atoms with E-state index in [1.165, 1.54) is 0 Å². The van der Waals surface area contributed by atoms with E-state index in [9.17, 15) is 13.2 Å². The first-order valence-electron chi connectivity index (χ1n) is 11.3. The van der Waals surface area contributed by atoms with Gasteiger partial charge in [0.25, 0.3) is 5.91 Å².